The summed E-state index contributed by atoms with van der Waals surface area (Å²) < 4.78 is 4.45. The number of imidazole rings is 1. The number of halogens is 1. The third kappa shape index (κ3) is 4.21. The molecule has 2 aromatic rings. The molecular weight excluding hydrogens is 348 g/mol. The van der Waals surface area contributed by atoms with Crippen molar-refractivity contribution >= 4 is 19.4 Å². The summed E-state index contributed by atoms with van der Waals surface area (Å²) >= 11 is 0. The van der Waals surface area contributed by atoms with Crippen molar-refractivity contribution in [1.82, 2.24) is 4.57 Å². The first kappa shape index (κ1) is 19.9. The van der Waals surface area contributed by atoms with E-state index >= 15 is 0 Å². The van der Waals surface area contributed by atoms with Crippen molar-refractivity contribution in [3.8, 4) is 0 Å². The number of nitrogens with zero attached hydrogens (tertiary/aromatic N) is 3. The summed E-state index contributed by atoms with van der Waals surface area (Å²) in [5.41, 5.74) is 10.5. The fourth-order valence-corrected chi connectivity index (χ4v) is 4.69. The molecule has 1 aliphatic heterocycles. The molecule has 0 bridgehead atoms. The molecule has 0 radical (unpaired) electrons. The van der Waals surface area contributed by atoms with Crippen LogP contribution in [0.25, 0.3) is 0 Å². The topological polar surface area (TPSA) is 38.1 Å². The lowest BCUT2D eigenvalue weighted by molar-refractivity contribution is -0.671. The van der Waals surface area contributed by atoms with E-state index in [1.54, 1.807) is 0 Å². The molecule has 6 heteroatoms. The number of nitrogens with two attached hydrogens (primary N) is 1. The maximum absolute atomic E-state index is 6.30. The van der Waals surface area contributed by atoms with Crippen LogP contribution in [0, 0.1) is 0 Å². The molecule has 4 nitrogen and oxygen atoms in total. The van der Waals surface area contributed by atoms with Crippen LogP contribution in [0.4, 0.5) is 11.4 Å². The lowest BCUT2D eigenvalue weighted by Gasteiger charge is -2.28. The molecule has 138 valence electrons. The van der Waals surface area contributed by atoms with Crippen molar-refractivity contribution in [2.24, 2.45) is 7.05 Å². The Balaban J connectivity index is 0.00000225. The lowest BCUT2D eigenvalue weighted by Crippen LogP contribution is -3.00. The van der Waals surface area contributed by atoms with Gasteiger partial charge in [-0.2, -0.15) is 0 Å². The van der Waals surface area contributed by atoms with E-state index in [1.165, 1.54) is 17.7 Å². The molecule has 0 aliphatic carbocycles. The van der Waals surface area contributed by atoms with Crippen molar-refractivity contribution in [2.45, 2.75) is 44.6 Å². The predicted molar refractivity (Wildman–Crippen MR) is 104 cm³/mol. The van der Waals surface area contributed by atoms with Crippen molar-refractivity contribution in [3.05, 3.63) is 42.5 Å². The normalized spacial score (nSPS) is 18.9. The van der Waals surface area contributed by atoms with Gasteiger partial charge in [0.1, 0.15) is 18.4 Å². The molecule has 0 spiro atoms. The number of nitrogen functional groups attached to an aromatic ring is 1. The first-order valence-electron chi connectivity index (χ1n) is 8.93. The van der Waals surface area contributed by atoms with E-state index in [9.17, 15) is 0 Å². The van der Waals surface area contributed by atoms with Crippen LogP contribution in [0.3, 0.4) is 0 Å². The Hall–Kier alpha value is -1.46. The Morgan fingerprint density at radius 1 is 1.28 bits per heavy atom. The average molecular weight is 379 g/mol. The maximum atomic E-state index is 6.30. The maximum Gasteiger partial charge on any atom is 0.243 e. The minimum atomic E-state index is -1.26. The largest absolute Gasteiger partial charge is 1.00 e. The van der Waals surface area contributed by atoms with Gasteiger partial charge in [0.25, 0.3) is 0 Å². The number of anilines is 2. The van der Waals surface area contributed by atoms with Gasteiger partial charge in [0.15, 0.2) is 0 Å². The molecule has 1 aromatic carbocycles. The van der Waals surface area contributed by atoms with Gasteiger partial charge in [-0.05, 0) is 29.3 Å². The summed E-state index contributed by atoms with van der Waals surface area (Å²) in [5, 5.41) is 0. The molecule has 2 heterocycles. The van der Waals surface area contributed by atoms with Crippen molar-refractivity contribution < 1.29 is 17.0 Å². The number of hydrogen-bond acceptors (Lipinski definition) is 2. The minimum Gasteiger partial charge on any atom is -1.00 e. The first-order chi connectivity index (χ1) is 11.3. The Morgan fingerprint density at radius 2 is 2.00 bits per heavy atom. The van der Waals surface area contributed by atoms with Gasteiger partial charge in [0.05, 0.1) is 21.7 Å². The van der Waals surface area contributed by atoms with E-state index in [-0.39, 0.29) is 12.4 Å². The van der Waals surface area contributed by atoms with Crippen LogP contribution >= 0.6 is 0 Å². The Labute approximate surface area is 159 Å². The first-order valence-corrected chi connectivity index (χ1v) is 12.5. The van der Waals surface area contributed by atoms with Crippen molar-refractivity contribution in [1.29, 1.82) is 0 Å². The van der Waals surface area contributed by atoms with Gasteiger partial charge in [0.2, 0.25) is 6.33 Å². The molecule has 0 amide bonds. The van der Waals surface area contributed by atoms with Crippen LogP contribution in [0.5, 0.6) is 0 Å². The standard InChI is InChI=1S/C19H31N4Si.ClH/c1-15(24(3,4)5)18-12-16(6-7-19(18)20)22-9-8-17(13-22)23-11-10-21(2)14-23;/h6-7,10-12,14-15,17H,8-9,13,20H2,1-5H3;1H/q+1;/p-1. The highest BCUT2D eigenvalue weighted by Gasteiger charge is 2.29. The number of benzene rings is 1. The van der Waals surface area contributed by atoms with E-state index in [2.05, 4.69) is 84.6 Å². The van der Waals surface area contributed by atoms with Crippen LogP contribution in [0.1, 0.15) is 30.5 Å². The number of rotatable bonds is 4. The van der Waals surface area contributed by atoms with E-state index in [4.69, 9.17) is 5.73 Å². The second-order valence-electron chi connectivity index (χ2n) is 8.32. The smallest absolute Gasteiger partial charge is 0.243 e. The van der Waals surface area contributed by atoms with Crippen LogP contribution < -0.4 is 27.6 Å². The molecule has 1 fully saturated rings. The van der Waals surface area contributed by atoms with Gasteiger partial charge in [-0.25, -0.2) is 9.13 Å². The van der Waals surface area contributed by atoms with Gasteiger partial charge >= 0.3 is 0 Å². The summed E-state index contributed by atoms with van der Waals surface area (Å²) in [4.78, 5) is 2.50. The molecule has 3 rings (SSSR count). The van der Waals surface area contributed by atoms with Crippen LogP contribution in [0.15, 0.2) is 36.9 Å². The van der Waals surface area contributed by atoms with E-state index in [0.717, 1.165) is 18.8 Å². The summed E-state index contributed by atoms with van der Waals surface area (Å²) in [7, 11) is 0.813. The third-order valence-corrected chi connectivity index (χ3v) is 8.48. The zero-order valence-electron chi connectivity index (χ0n) is 16.0. The van der Waals surface area contributed by atoms with Crippen LogP contribution in [-0.4, -0.2) is 25.7 Å². The van der Waals surface area contributed by atoms with Gasteiger partial charge < -0.3 is 23.0 Å². The number of aryl methyl sites for hydroxylation is 1. The molecule has 1 saturated heterocycles. The molecule has 0 saturated carbocycles. The summed E-state index contributed by atoms with van der Waals surface area (Å²) in [6.45, 7) is 11.8. The highest BCUT2D eigenvalue weighted by Crippen LogP contribution is 2.35. The second kappa shape index (κ2) is 7.42. The zero-order chi connectivity index (χ0) is 17.5. The van der Waals surface area contributed by atoms with E-state index in [1.807, 2.05) is 0 Å². The minimum absolute atomic E-state index is 0. The summed E-state index contributed by atoms with van der Waals surface area (Å²) in [6, 6.07) is 7.19. The highest BCUT2D eigenvalue weighted by molar-refractivity contribution is 6.77. The zero-order valence-corrected chi connectivity index (χ0v) is 17.8. The Morgan fingerprint density at radius 3 is 2.60 bits per heavy atom. The van der Waals surface area contributed by atoms with Gasteiger partial charge in [-0.3, -0.25) is 0 Å². The van der Waals surface area contributed by atoms with E-state index < -0.39 is 8.07 Å². The van der Waals surface area contributed by atoms with Crippen molar-refractivity contribution in [3.63, 3.8) is 0 Å². The quantitative estimate of drug-likeness (QED) is 0.473. The molecular formula is C19H31ClN4Si. The van der Waals surface area contributed by atoms with E-state index in [0.29, 0.717) is 11.6 Å². The van der Waals surface area contributed by atoms with Crippen LogP contribution in [0.2, 0.25) is 19.6 Å². The Bertz CT molecular complexity index is 722. The van der Waals surface area contributed by atoms with Gasteiger partial charge in [0, 0.05) is 24.3 Å². The SMILES string of the molecule is CC(c1cc(N2CCC(n3cc[n+](C)c3)C2)ccc1N)[Si](C)(C)C.[Cl-]. The molecule has 1 aromatic heterocycles. The average Bonchev–Trinajstić information content (AvgIpc) is 3.15. The molecule has 25 heavy (non-hydrogen) atoms. The van der Waals surface area contributed by atoms with Crippen LogP contribution in [-0.2, 0) is 7.05 Å². The third-order valence-electron chi connectivity index (χ3n) is 5.58. The Kier molecular flexibility index (Phi) is 5.89. The molecule has 1 aliphatic rings. The highest BCUT2D eigenvalue weighted by atomic mass is 35.5. The van der Waals surface area contributed by atoms with Crippen molar-refractivity contribution in [2.75, 3.05) is 23.7 Å². The monoisotopic (exact) mass is 378 g/mol. The molecule has 2 unspecified atom stereocenters. The summed E-state index contributed by atoms with van der Waals surface area (Å²) in [5.74, 6) is 0. The van der Waals surface area contributed by atoms with Gasteiger partial charge in [-0.15, -0.1) is 0 Å². The molecule has 2 atom stereocenters. The number of aromatic nitrogens is 2. The second-order valence-corrected chi connectivity index (χ2v) is 13.9. The number of hydrogen-bond donors (Lipinski definition) is 1. The fourth-order valence-electron chi connectivity index (χ4n) is 3.51. The molecule has 2 N–H and O–H groups in total. The predicted octanol–water partition coefficient (Wildman–Crippen LogP) is 0.331. The summed E-state index contributed by atoms with van der Waals surface area (Å²) in [6.07, 6.45) is 7.66. The fraction of sp³-hybridized carbons (Fsp3) is 0.526. The lowest BCUT2D eigenvalue weighted by atomic mass is 10.1. The van der Waals surface area contributed by atoms with Gasteiger partial charge in [-0.1, -0.05) is 26.6 Å².